The molecule has 0 aliphatic carbocycles. The summed E-state index contributed by atoms with van der Waals surface area (Å²) in [6.45, 7) is 2.26. The zero-order chi connectivity index (χ0) is 10.5. The van der Waals surface area contributed by atoms with Crippen LogP contribution in [0.15, 0.2) is 22.9 Å². The number of nitrogens with zero attached hydrogens (tertiary/aromatic N) is 1. The van der Waals surface area contributed by atoms with Gasteiger partial charge in [0, 0.05) is 18.4 Å². The van der Waals surface area contributed by atoms with Crippen molar-refractivity contribution in [2.75, 3.05) is 18.4 Å². The molecule has 1 aliphatic heterocycles. The maximum atomic E-state index is 4.06. The molecule has 1 atom stereocenters. The molecule has 1 unspecified atom stereocenters. The third kappa shape index (κ3) is 3.18. The van der Waals surface area contributed by atoms with Crippen LogP contribution in [0.25, 0.3) is 0 Å². The van der Waals surface area contributed by atoms with Crippen LogP contribution in [0.5, 0.6) is 0 Å². The molecule has 2 N–H and O–H groups in total. The Morgan fingerprint density at radius 3 is 3.20 bits per heavy atom. The first-order valence-corrected chi connectivity index (χ1v) is 6.22. The van der Waals surface area contributed by atoms with Crippen molar-refractivity contribution < 1.29 is 0 Å². The van der Waals surface area contributed by atoms with Crippen LogP contribution in [0.4, 0.5) is 5.69 Å². The second kappa shape index (κ2) is 5.47. The van der Waals surface area contributed by atoms with E-state index in [0.29, 0.717) is 6.04 Å². The highest BCUT2D eigenvalue weighted by atomic mass is 79.9. The Hall–Kier alpha value is -0.610. The molecule has 0 radical (unpaired) electrons. The molecule has 0 bridgehead atoms. The van der Waals surface area contributed by atoms with Gasteiger partial charge in [0.25, 0.3) is 0 Å². The van der Waals surface area contributed by atoms with Gasteiger partial charge in [-0.15, -0.1) is 0 Å². The number of anilines is 1. The molecule has 1 saturated heterocycles. The zero-order valence-electron chi connectivity index (χ0n) is 8.67. The lowest BCUT2D eigenvalue weighted by molar-refractivity contribution is 0.637. The Morgan fingerprint density at radius 1 is 1.40 bits per heavy atom. The van der Waals surface area contributed by atoms with E-state index in [2.05, 4.69) is 31.5 Å². The van der Waals surface area contributed by atoms with Gasteiger partial charge in [-0.3, -0.25) is 4.98 Å². The molecule has 82 valence electrons. The van der Waals surface area contributed by atoms with Crippen molar-refractivity contribution in [2.45, 2.75) is 25.3 Å². The lowest BCUT2D eigenvalue weighted by Gasteiger charge is -2.18. The molecular formula is C11H16BrN3. The number of halogens is 1. The Kier molecular flexibility index (Phi) is 3.97. The number of hydrogen-bond donors (Lipinski definition) is 2. The van der Waals surface area contributed by atoms with E-state index in [-0.39, 0.29) is 0 Å². The van der Waals surface area contributed by atoms with Crippen LogP contribution in [-0.4, -0.2) is 24.1 Å². The first-order valence-electron chi connectivity index (χ1n) is 5.43. The molecule has 0 saturated carbocycles. The van der Waals surface area contributed by atoms with Gasteiger partial charge in [-0.25, -0.2) is 0 Å². The maximum absolute atomic E-state index is 4.06. The molecule has 1 aromatic heterocycles. The van der Waals surface area contributed by atoms with E-state index in [1.807, 2.05) is 18.5 Å². The number of hydrogen-bond acceptors (Lipinski definition) is 3. The van der Waals surface area contributed by atoms with Gasteiger partial charge in [-0.2, -0.15) is 0 Å². The molecule has 2 rings (SSSR count). The highest BCUT2D eigenvalue weighted by Crippen LogP contribution is 2.22. The molecule has 1 aliphatic rings. The fourth-order valence-electron chi connectivity index (χ4n) is 1.88. The Bertz CT molecular complexity index is 308. The van der Waals surface area contributed by atoms with Gasteiger partial charge in [0.05, 0.1) is 10.2 Å². The van der Waals surface area contributed by atoms with Crippen molar-refractivity contribution in [2.24, 2.45) is 0 Å². The molecule has 1 fully saturated rings. The van der Waals surface area contributed by atoms with Crippen LogP contribution < -0.4 is 10.6 Å². The van der Waals surface area contributed by atoms with Crippen LogP contribution >= 0.6 is 15.9 Å². The molecule has 2 heterocycles. The smallest absolute Gasteiger partial charge is 0.0590 e. The SMILES string of the molecule is Brc1cnccc1NC1CCCNCC1. The number of aromatic nitrogens is 1. The summed E-state index contributed by atoms with van der Waals surface area (Å²) < 4.78 is 1.04. The highest BCUT2D eigenvalue weighted by Gasteiger charge is 2.12. The molecule has 4 heteroatoms. The van der Waals surface area contributed by atoms with Crippen LogP contribution in [0.2, 0.25) is 0 Å². The van der Waals surface area contributed by atoms with E-state index in [1.54, 1.807) is 0 Å². The largest absolute Gasteiger partial charge is 0.381 e. The van der Waals surface area contributed by atoms with Gasteiger partial charge in [0.2, 0.25) is 0 Å². The average molecular weight is 270 g/mol. The van der Waals surface area contributed by atoms with Gasteiger partial charge < -0.3 is 10.6 Å². The maximum Gasteiger partial charge on any atom is 0.0590 e. The van der Waals surface area contributed by atoms with Gasteiger partial charge in [0.1, 0.15) is 0 Å². The molecule has 0 amide bonds. The summed E-state index contributed by atoms with van der Waals surface area (Å²) in [5, 5.41) is 6.98. The lowest BCUT2D eigenvalue weighted by atomic mass is 10.1. The van der Waals surface area contributed by atoms with Crippen molar-refractivity contribution in [1.82, 2.24) is 10.3 Å². The first kappa shape index (κ1) is 10.9. The predicted molar refractivity (Wildman–Crippen MR) is 66.1 cm³/mol. The summed E-state index contributed by atoms with van der Waals surface area (Å²) in [5.74, 6) is 0. The predicted octanol–water partition coefficient (Wildman–Crippen LogP) is 2.40. The molecule has 0 aromatic carbocycles. The quantitative estimate of drug-likeness (QED) is 0.866. The monoisotopic (exact) mass is 269 g/mol. The summed E-state index contributed by atoms with van der Waals surface area (Å²) in [6.07, 6.45) is 7.33. The standard InChI is InChI=1S/C11H16BrN3/c12-10-8-14-7-4-11(10)15-9-2-1-5-13-6-3-9/h4,7-9,13H,1-3,5-6H2,(H,14,15). The molecule has 3 nitrogen and oxygen atoms in total. The van der Waals surface area contributed by atoms with Crippen molar-refractivity contribution in [3.63, 3.8) is 0 Å². The normalized spacial score (nSPS) is 22.1. The van der Waals surface area contributed by atoms with E-state index in [4.69, 9.17) is 0 Å². The molecular weight excluding hydrogens is 254 g/mol. The second-order valence-corrected chi connectivity index (χ2v) is 4.73. The van der Waals surface area contributed by atoms with Crippen LogP contribution in [0, 0.1) is 0 Å². The molecule has 1 aromatic rings. The lowest BCUT2D eigenvalue weighted by Crippen LogP contribution is -2.21. The molecule has 15 heavy (non-hydrogen) atoms. The van der Waals surface area contributed by atoms with Crippen molar-refractivity contribution in [3.05, 3.63) is 22.9 Å². The van der Waals surface area contributed by atoms with E-state index in [0.717, 1.165) is 23.2 Å². The number of nitrogens with one attached hydrogen (secondary N) is 2. The van der Waals surface area contributed by atoms with Gasteiger partial charge in [0.15, 0.2) is 0 Å². The second-order valence-electron chi connectivity index (χ2n) is 3.88. The number of rotatable bonds is 2. The summed E-state index contributed by atoms with van der Waals surface area (Å²) in [4.78, 5) is 4.06. The first-order chi connectivity index (χ1) is 7.36. The average Bonchev–Trinajstić information content (AvgIpc) is 2.50. The van der Waals surface area contributed by atoms with E-state index < -0.39 is 0 Å². The van der Waals surface area contributed by atoms with E-state index in [1.165, 1.54) is 19.3 Å². The van der Waals surface area contributed by atoms with E-state index >= 15 is 0 Å². The molecule has 0 spiro atoms. The van der Waals surface area contributed by atoms with Gasteiger partial charge in [-0.1, -0.05) is 0 Å². The number of pyridine rings is 1. The minimum Gasteiger partial charge on any atom is -0.381 e. The summed E-state index contributed by atoms with van der Waals surface area (Å²) >= 11 is 3.50. The fourth-order valence-corrected chi connectivity index (χ4v) is 2.24. The Balaban J connectivity index is 1.98. The van der Waals surface area contributed by atoms with Crippen molar-refractivity contribution in [1.29, 1.82) is 0 Å². The van der Waals surface area contributed by atoms with Crippen molar-refractivity contribution in [3.8, 4) is 0 Å². The van der Waals surface area contributed by atoms with Crippen LogP contribution in [-0.2, 0) is 0 Å². The summed E-state index contributed by atoms with van der Waals surface area (Å²) in [6, 6.07) is 2.60. The summed E-state index contributed by atoms with van der Waals surface area (Å²) in [5.41, 5.74) is 1.15. The topological polar surface area (TPSA) is 37.0 Å². The van der Waals surface area contributed by atoms with Crippen molar-refractivity contribution >= 4 is 21.6 Å². The van der Waals surface area contributed by atoms with Crippen LogP contribution in [0.1, 0.15) is 19.3 Å². The minimum atomic E-state index is 0.582. The minimum absolute atomic E-state index is 0.582. The highest BCUT2D eigenvalue weighted by molar-refractivity contribution is 9.10. The van der Waals surface area contributed by atoms with E-state index in [9.17, 15) is 0 Å². The van der Waals surface area contributed by atoms with Gasteiger partial charge in [-0.05, 0) is 54.3 Å². The van der Waals surface area contributed by atoms with Crippen LogP contribution in [0.3, 0.4) is 0 Å². The van der Waals surface area contributed by atoms with Gasteiger partial charge >= 0.3 is 0 Å². The fraction of sp³-hybridized carbons (Fsp3) is 0.545. The Morgan fingerprint density at radius 2 is 2.33 bits per heavy atom. The third-order valence-corrected chi connectivity index (χ3v) is 3.34. The zero-order valence-corrected chi connectivity index (χ0v) is 10.3. The summed E-state index contributed by atoms with van der Waals surface area (Å²) in [7, 11) is 0. The Labute approximate surface area is 98.8 Å². The third-order valence-electron chi connectivity index (χ3n) is 2.71.